The Morgan fingerprint density at radius 2 is 1.56 bits per heavy atom. The Balaban J connectivity index is 1.35. The van der Waals surface area contributed by atoms with Crippen LogP contribution in [0.1, 0.15) is 69.3 Å². The van der Waals surface area contributed by atoms with Gasteiger partial charge in [0.15, 0.2) is 11.6 Å². The molecule has 1 atom stereocenters. The van der Waals surface area contributed by atoms with Crippen molar-refractivity contribution in [2.75, 3.05) is 42.5 Å². The molecule has 0 spiro atoms. The molecule has 6 nitrogen and oxygen atoms in total. The zero-order valence-electron chi connectivity index (χ0n) is 20.0. The van der Waals surface area contributed by atoms with Gasteiger partial charge in [0.25, 0.3) is 5.91 Å². The molecule has 2 aromatic rings. The van der Waals surface area contributed by atoms with Crippen LogP contribution in [0.5, 0.6) is 0 Å². The van der Waals surface area contributed by atoms with Gasteiger partial charge in [0.2, 0.25) is 0 Å². The van der Waals surface area contributed by atoms with Gasteiger partial charge in [0.1, 0.15) is 0 Å². The molecule has 2 aliphatic rings. The van der Waals surface area contributed by atoms with Crippen molar-refractivity contribution in [2.45, 2.75) is 64.8 Å². The summed E-state index contributed by atoms with van der Waals surface area (Å²) in [5.41, 5.74) is 2.10. The van der Waals surface area contributed by atoms with Crippen LogP contribution in [0.2, 0.25) is 0 Å². The molecular formula is C26H37N5O. The maximum absolute atomic E-state index is 13.0. The number of nitrogens with zero attached hydrogens (tertiary/aromatic N) is 5. The van der Waals surface area contributed by atoms with E-state index in [0.717, 1.165) is 43.3 Å². The van der Waals surface area contributed by atoms with Crippen LogP contribution in [0.25, 0.3) is 0 Å². The number of piperidine rings is 1. The van der Waals surface area contributed by atoms with E-state index in [0.29, 0.717) is 19.1 Å². The summed E-state index contributed by atoms with van der Waals surface area (Å²) in [6.45, 7) is 12.9. The van der Waals surface area contributed by atoms with Crippen LogP contribution in [0.15, 0.2) is 36.4 Å². The second-order valence-electron chi connectivity index (χ2n) is 10.1. The van der Waals surface area contributed by atoms with Crippen molar-refractivity contribution < 1.29 is 4.79 Å². The van der Waals surface area contributed by atoms with E-state index in [1.54, 1.807) is 0 Å². The van der Waals surface area contributed by atoms with E-state index in [1.807, 2.05) is 17.0 Å². The lowest BCUT2D eigenvalue weighted by molar-refractivity contribution is 0.0746. The number of rotatable bonds is 4. The first-order valence-electron chi connectivity index (χ1n) is 12.1. The Morgan fingerprint density at radius 3 is 2.16 bits per heavy atom. The molecule has 2 saturated heterocycles. The standard InChI is InChI=1S/C26H37N5O/c1-5-22-8-6-7-15-31(22)24-14-13-23(27-28-24)29-16-18-30(19-17-29)25(32)20-9-11-21(12-10-20)26(2,3)4/h9-14,22H,5-8,15-19H2,1-4H3. The Morgan fingerprint density at radius 1 is 0.906 bits per heavy atom. The number of hydrogen-bond acceptors (Lipinski definition) is 5. The summed E-state index contributed by atoms with van der Waals surface area (Å²) in [6, 6.07) is 12.9. The van der Waals surface area contributed by atoms with E-state index in [9.17, 15) is 4.79 Å². The fraction of sp³-hybridized carbons (Fsp3) is 0.577. The monoisotopic (exact) mass is 435 g/mol. The summed E-state index contributed by atoms with van der Waals surface area (Å²) in [7, 11) is 0. The maximum atomic E-state index is 13.0. The average Bonchev–Trinajstić information content (AvgIpc) is 2.83. The molecule has 32 heavy (non-hydrogen) atoms. The second kappa shape index (κ2) is 9.47. The Bertz CT molecular complexity index is 895. The third-order valence-corrected chi connectivity index (χ3v) is 6.92. The highest BCUT2D eigenvalue weighted by molar-refractivity contribution is 5.94. The van der Waals surface area contributed by atoms with Gasteiger partial charge in [-0.15, -0.1) is 10.2 Å². The number of carbonyl (C=O) groups excluding carboxylic acids is 1. The number of benzene rings is 1. The Labute approximate surface area is 192 Å². The van der Waals surface area contributed by atoms with Gasteiger partial charge in [0.05, 0.1) is 0 Å². The van der Waals surface area contributed by atoms with Crippen LogP contribution in [0.3, 0.4) is 0 Å². The zero-order valence-corrected chi connectivity index (χ0v) is 20.0. The highest BCUT2D eigenvalue weighted by Gasteiger charge is 2.25. The summed E-state index contributed by atoms with van der Waals surface area (Å²) < 4.78 is 0. The molecule has 172 valence electrons. The molecule has 1 aromatic heterocycles. The Hall–Kier alpha value is -2.63. The van der Waals surface area contributed by atoms with E-state index in [1.165, 1.54) is 24.8 Å². The van der Waals surface area contributed by atoms with E-state index in [2.05, 4.69) is 72.0 Å². The lowest BCUT2D eigenvalue weighted by Crippen LogP contribution is -2.49. The molecule has 6 heteroatoms. The SMILES string of the molecule is CCC1CCCCN1c1ccc(N2CCN(C(=O)c3ccc(C(C)(C)C)cc3)CC2)nn1. The summed E-state index contributed by atoms with van der Waals surface area (Å²) in [5, 5.41) is 9.10. The minimum atomic E-state index is 0.0925. The molecule has 3 heterocycles. The first-order valence-corrected chi connectivity index (χ1v) is 12.1. The largest absolute Gasteiger partial charge is 0.352 e. The first kappa shape index (κ1) is 22.6. The van der Waals surface area contributed by atoms with Gasteiger partial charge < -0.3 is 14.7 Å². The van der Waals surface area contributed by atoms with Crippen LogP contribution in [0, 0.1) is 0 Å². The fourth-order valence-electron chi connectivity index (χ4n) is 4.80. The minimum absolute atomic E-state index is 0.0925. The molecule has 1 amide bonds. The van der Waals surface area contributed by atoms with Crippen LogP contribution in [0.4, 0.5) is 11.6 Å². The average molecular weight is 436 g/mol. The van der Waals surface area contributed by atoms with Crippen LogP contribution in [-0.2, 0) is 5.41 Å². The molecule has 0 N–H and O–H groups in total. The maximum Gasteiger partial charge on any atom is 0.253 e. The van der Waals surface area contributed by atoms with Gasteiger partial charge in [-0.2, -0.15) is 0 Å². The highest BCUT2D eigenvalue weighted by Crippen LogP contribution is 2.26. The summed E-state index contributed by atoms with van der Waals surface area (Å²) in [5.74, 6) is 2.01. The third-order valence-electron chi connectivity index (χ3n) is 6.92. The molecule has 0 aliphatic carbocycles. The van der Waals surface area contributed by atoms with Crippen molar-refractivity contribution in [1.82, 2.24) is 15.1 Å². The second-order valence-corrected chi connectivity index (χ2v) is 10.1. The van der Waals surface area contributed by atoms with Gasteiger partial charge in [-0.3, -0.25) is 4.79 Å². The normalized spacial score (nSPS) is 19.9. The molecule has 0 bridgehead atoms. The van der Waals surface area contributed by atoms with E-state index in [-0.39, 0.29) is 11.3 Å². The summed E-state index contributed by atoms with van der Waals surface area (Å²) >= 11 is 0. The van der Waals surface area contributed by atoms with Crippen molar-refractivity contribution >= 4 is 17.5 Å². The Kier molecular flexibility index (Phi) is 6.68. The fourth-order valence-corrected chi connectivity index (χ4v) is 4.80. The van der Waals surface area contributed by atoms with Crippen LogP contribution < -0.4 is 9.80 Å². The van der Waals surface area contributed by atoms with Gasteiger partial charge in [-0.1, -0.05) is 39.8 Å². The molecule has 2 aliphatic heterocycles. The lowest BCUT2D eigenvalue weighted by Gasteiger charge is -2.37. The van der Waals surface area contributed by atoms with Gasteiger partial charge >= 0.3 is 0 Å². The molecule has 1 aromatic carbocycles. The van der Waals surface area contributed by atoms with Crippen molar-refractivity contribution in [2.24, 2.45) is 0 Å². The van der Waals surface area contributed by atoms with Gasteiger partial charge in [0, 0.05) is 44.3 Å². The first-order chi connectivity index (χ1) is 15.4. The third kappa shape index (κ3) is 4.89. The van der Waals surface area contributed by atoms with Crippen molar-refractivity contribution in [3.05, 3.63) is 47.5 Å². The van der Waals surface area contributed by atoms with Crippen LogP contribution >= 0.6 is 0 Å². The van der Waals surface area contributed by atoms with Crippen molar-refractivity contribution in [1.29, 1.82) is 0 Å². The predicted molar refractivity (Wildman–Crippen MR) is 131 cm³/mol. The van der Waals surface area contributed by atoms with Gasteiger partial charge in [-0.25, -0.2) is 0 Å². The topological polar surface area (TPSA) is 52.6 Å². The van der Waals surface area contributed by atoms with Crippen molar-refractivity contribution in [3.63, 3.8) is 0 Å². The van der Waals surface area contributed by atoms with Crippen molar-refractivity contribution in [3.8, 4) is 0 Å². The van der Waals surface area contributed by atoms with E-state index in [4.69, 9.17) is 0 Å². The lowest BCUT2D eigenvalue weighted by atomic mass is 9.86. The van der Waals surface area contributed by atoms with E-state index >= 15 is 0 Å². The minimum Gasteiger partial charge on any atom is -0.352 e. The number of aromatic nitrogens is 2. The molecule has 0 radical (unpaired) electrons. The number of amides is 1. The number of anilines is 2. The predicted octanol–water partition coefficient (Wildman–Crippen LogP) is 4.51. The van der Waals surface area contributed by atoms with Crippen LogP contribution in [-0.4, -0.2) is 59.8 Å². The summed E-state index contributed by atoms with van der Waals surface area (Å²) in [6.07, 6.45) is 4.94. The smallest absolute Gasteiger partial charge is 0.253 e. The molecule has 0 saturated carbocycles. The number of hydrogen-bond donors (Lipinski definition) is 0. The number of piperazine rings is 1. The zero-order chi connectivity index (χ0) is 22.7. The molecule has 4 rings (SSSR count). The molecular weight excluding hydrogens is 398 g/mol. The number of carbonyl (C=O) groups is 1. The quantitative estimate of drug-likeness (QED) is 0.707. The molecule has 2 fully saturated rings. The summed E-state index contributed by atoms with van der Waals surface area (Å²) in [4.78, 5) is 19.6. The van der Waals surface area contributed by atoms with Gasteiger partial charge in [-0.05, 0) is 60.9 Å². The highest BCUT2D eigenvalue weighted by atomic mass is 16.2. The van der Waals surface area contributed by atoms with E-state index < -0.39 is 0 Å². The molecule has 1 unspecified atom stereocenters.